The van der Waals surface area contributed by atoms with Crippen molar-refractivity contribution in [3.8, 4) is 11.5 Å². The molecule has 1 N–H and O–H groups in total. The van der Waals surface area contributed by atoms with Gasteiger partial charge in [0.05, 0.1) is 0 Å². The van der Waals surface area contributed by atoms with Gasteiger partial charge in [-0.2, -0.15) is 21.6 Å². The number of aromatic nitrogens is 2. The molecule has 0 amide bonds. The highest BCUT2D eigenvalue weighted by atomic mass is 35.5. The molecule has 0 saturated carbocycles. The van der Waals surface area contributed by atoms with Crippen molar-refractivity contribution in [2.24, 2.45) is 0 Å². The maximum Gasteiger partial charge on any atom is 0.446 e. The molecule has 174 valence electrons. The summed E-state index contributed by atoms with van der Waals surface area (Å²) in [6.45, 7) is 1.51. The van der Waals surface area contributed by atoms with Crippen LogP contribution in [0.25, 0.3) is 12.2 Å². The topological polar surface area (TPSA) is 98.6 Å². The highest BCUT2D eigenvalue weighted by Gasteiger charge is 2.39. The van der Waals surface area contributed by atoms with E-state index in [1.54, 1.807) is 36.4 Å². The van der Waals surface area contributed by atoms with Gasteiger partial charge in [-0.1, -0.05) is 41.9 Å². The number of nitrogens with zero attached hydrogens (tertiary/aromatic N) is 2. The Bertz CT molecular complexity index is 1260. The summed E-state index contributed by atoms with van der Waals surface area (Å²) in [5.74, 6) is -0.944. The lowest BCUT2D eigenvalue weighted by molar-refractivity contribution is -0.142. The molecule has 33 heavy (non-hydrogen) atoms. The van der Waals surface area contributed by atoms with Gasteiger partial charge in [0.2, 0.25) is 5.75 Å². The minimum Gasteiger partial charge on any atom is -0.489 e. The van der Waals surface area contributed by atoms with Gasteiger partial charge in [-0.3, -0.25) is 4.55 Å². The Labute approximate surface area is 192 Å². The summed E-state index contributed by atoms with van der Waals surface area (Å²) in [5.41, 5.74) is -0.639. The third-order valence-electron chi connectivity index (χ3n) is 4.09. The number of alkyl halides is 3. The first-order valence-corrected chi connectivity index (χ1v) is 10.9. The molecule has 1 aromatic heterocycles. The van der Waals surface area contributed by atoms with Crippen molar-refractivity contribution in [2.45, 2.75) is 19.7 Å². The molecule has 0 aliphatic rings. The first-order valence-electron chi connectivity index (χ1n) is 9.19. The van der Waals surface area contributed by atoms with Crippen molar-refractivity contribution in [3.05, 3.63) is 81.9 Å². The average Bonchev–Trinajstić information content (AvgIpc) is 2.72. The van der Waals surface area contributed by atoms with E-state index in [0.29, 0.717) is 22.9 Å². The standard InChI is InChI=1S/C21H16ClF3N2O5S/c1-13-26-18(19(32-33(28,29)30)20(27-13)21(23,24)25)11-6-14-4-9-17(10-5-14)31-12-15-2-7-16(22)8-3-15/h2-11H,12H2,1H3,(H,28,29,30)/b11-6+. The monoisotopic (exact) mass is 500 g/mol. The van der Waals surface area contributed by atoms with E-state index in [9.17, 15) is 21.6 Å². The summed E-state index contributed by atoms with van der Waals surface area (Å²) in [6, 6.07) is 13.7. The molecule has 0 aliphatic heterocycles. The van der Waals surface area contributed by atoms with E-state index in [-0.39, 0.29) is 5.82 Å². The molecule has 7 nitrogen and oxygen atoms in total. The van der Waals surface area contributed by atoms with Crippen LogP contribution in [0.2, 0.25) is 5.02 Å². The molecule has 2 aromatic carbocycles. The van der Waals surface area contributed by atoms with Crippen LogP contribution >= 0.6 is 11.6 Å². The van der Waals surface area contributed by atoms with Gasteiger partial charge < -0.3 is 8.92 Å². The van der Waals surface area contributed by atoms with E-state index >= 15 is 0 Å². The Balaban J connectivity index is 1.82. The Hall–Kier alpha value is -3.15. The van der Waals surface area contributed by atoms with Gasteiger partial charge in [-0.15, -0.1) is 0 Å². The fourth-order valence-corrected chi connectivity index (χ4v) is 3.18. The van der Waals surface area contributed by atoms with Crippen LogP contribution in [0.4, 0.5) is 13.2 Å². The van der Waals surface area contributed by atoms with Crippen LogP contribution in [0.15, 0.2) is 48.5 Å². The van der Waals surface area contributed by atoms with E-state index in [2.05, 4.69) is 14.2 Å². The lowest BCUT2D eigenvalue weighted by atomic mass is 10.1. The summed E-state index contributed by atoms with van der Waals surface area (Å²) < 4.78 is 80.8. The lowest BCUT2D eigenvalue weighted by Gasteiger charge is -2.13. The van der Waals surface area contributed by atoms with Crippen LogP contribution in [0.1, 0.15) is 28.3 Å². The number of benzene rings is 2. The van der Waals surface area contributed by atoms with Gasteiger partial charge in [0.1, 0.15) is 23.9 Å². The molecule has 0 fully saturated rings. The zero-order valence-corrected chi connectivity index (χ0v) is 18.4. The van der Waals surface area contributed by atoms with E-state index in [1.165, 1.54) is 13.0 Å². The number of hydrogen-bond acceptors (Lipinski definition) is 6. The number of aryl methyl sites for hydroxylation is 1. The quantitative estimate of drug-likeness (QED) is 0.434. The Morgan fingerprint density at radius 2 is 1.67 bits per heavy atom. The summed E-state index contributed by atoms with van der Waals surface area (Å²) in [4.78, 5) is 7.01. The largest absolute Gasteiger partial charge is 0.489 e. The fourth-order valence-electron chi connectivity index (χ4n) is 2.67. The number of ether oxygens (including phenoxy) is 1. The van der Waals surface area contributed by atoms with Crippen LogP contribution in [-0.4, -0.2) is 22.9 Å². The van der Waals surface area contributed by atoms with Crippen molar-refractivity contribution in [1.82, 2.24) is 9.97 Å². The maximum atomic E-state index is 13.3. The fraction of sp³-hybridized carbons (Fsp3) is 0.143. The van der Waals surface area contributed by atoms with Gasteiger partial charge in [-0.25, -0.2) is 9.97 Å². The number of rotatable bonds is 7. The van der Waals surface area contributed by atoms with E-state index in [4.69, 9.17) is 20.9 Å². The van der Waals surface area contributed by atoms with Crippen molar-refractivity contribution >= 4 is 34.2 Å². The van der Waals surface area contributed by atoms with Crippen molar-refractivity contribution in [3.63, 3.8) is 0 Å². The zero-order chi connectivity index (χ0) is 24.2. The third-order valence-corrected chi connectivity index (χ3v) is 4.72. The van der Waals surface area contributed by atoms with Crippen LogP contribution in [0.5, 0.6) is 11.5 Å². The van der Waals surface area contributed by atoms with Gasteiger partial charge >= 0.3 is 16.6 Å². The van der Waals surface area contributed by atoms with E-state index in [0.717, 1.165) is 11.6 Å². The third kappa shape index (κ3) is 7.17. The zero-order valence-electron chi connectivity index (χ0n) is 16.9. The van der Waals surface area contributed by atoms with Crippen molar-refractivity contribution < 1.29 is 35.1 Å². The Morgan fingerprint density at radius 1 is 1.03 bits per heavy atom. The molecular formula is C21H16ClF3N2O5S. The predicted molar refractivity (Wildman–Crippen MR) is 115 cm³/mol. The van der Waals surface area contributed by atoms with Crippen molar-refractivity contribution in [2.75, 3.05) is 0 Å². The minimum absolute atomic E-state index is 0.268. The number of hydrogen-bond donors (Lipinski definition) is 1. The normalized spacial score (nSPS) is 12.2. The maximum absolute atomic E-state index is 13.3. The van der Waals surface area contributed by atoms with Crippen molar-refractivity contribution in [1.29, 1.82) is 0 Å². The smallest absolute Gasteiger partial charge is 0.446 e. The summed E-state index contributed by atoms with van der Waals surface area (Å²) in [7, 11) is -5.25. The summed E-state index contributed by atoms with van der Waals surface area (Å²) in [6.07, 6.45) is -2.53. The summed E-state index contributed by atoms with van der Waals surface area (Å²) >= 11 is 5.84. The second-order valence-corrected chi connectivity index (χ2v) is 8.12. The van der Waals surface area contributed by atoms with Crippen LogP contribution in [0, 0.1) is 6.92 Å². The van der Waals surface area contributed by atoms with Crippen LogP contribution < -0.4 is 8.92 Å². The Kier molecular flexibility index (Phi) is 7.25. The van der Waals surface area contributed by atoms with Gasteiger partial charge in [-0.05, 0) is 48.4 Å². The second kappa shape index (κ2) is 9.77. The molecule has 12 heteroatoms. The molecule has 1 heterocycles. The Morgan fingerprint density at radius 3 is 2.24 bits per heavy atom. The van der Waals surface area contributed by atoms with E-state index in [1.807, 2.05) is 12.1 Å². The molecular weight excluding hydrogens is 485 g/mol. The first-order chi connectivity index (χ1) is 15.4. The highest BCUT2D eigenvalue weighted by Crippen LogP contribution is 2.37. The average molecular weight is 501 g/mol. The molecule has 0 bridgehead atoms. The molecule has 0 radical (unpaired) electrons. The van der Waals surface area contributed by atoms with E-state index < -0.39 is 33.7 Å². The first kappa shape index (κ1) is 24.5. The molecule has 3 aromatic rings. The molecule has 0 saturated heterocycles. The minimum atomic E-state index is -5.25. The second-order valence-electron chi connectivity index (χ2n) is 6.66. The SMILES string of the molecule is Cc1nc(/C=C/c2ccc(OCc3ccc(Cl)cc3)cc2)c(OS(=O)(=O)O)c(C(F)(F)F)n1. The molecule has 0 atom stereocenters. The van der Waals surface area contributed by atoms with Crippen LogP contribution in [0.3, 0.4) is 0 Å². The van der Waals surface area contributed by atoms with Crippen LogP contribution in [-0.2, 0) is 23.2 Å². The summed E-state index contributed by atoms with van der Waals surface area (Å²) in [5, 5.41) is 0.612. The molecule has 0 aliphatic carbocycles. The molecule has 3 rings (SSSR count). The molecule has 0 spiro atoms. The lowest BCUT2D eigenvalue weighted by Crippen LogP contribution is -2.17. The highest BCUT2D eigenvalue weighted by molar-refractivity contribution is 7.81. The van der Waals surface area contributed by atoms with Gasteiger partial charge in [0, 0.05) is 5.02 Å². The van der Waals surface area contributed by atoms with Gasteiger partial charge in [0.15, 0.2) is 5.69 Å². The number of halogens is 4. The molecule has 0 unspecified atom stereocenters. The predicted octanol–water partition coefficient (Wildman–Crippen LogP) is 5.39. The van der Waals surface area contributed by atoms with Gasteiger partial charge in [0.25, 0.3) is 0 Å².